The summed E-state index contributed by atoms with van der Waals surface area (Å²) in [5.74, 6) is -1.59. The van der Waals surface area contributed by atoms with Gasteiger partial charge in [0, 0.05) is 65.3 Å². The maximum Gasteiger partial charge on any atom is 0.242 e. The molecule has 0 aromatic heterocycles. The summed E-state index contributed by atoms with van der Waals surface area (Å²) in [6.45, 7) is 5.35. The Hall–Kier alpha value is -4.02. The van der Waals surface area contributed by atoms with Gasteiger partial charge in [-0.25, -0.2) is 0 Å². The van der Waals surface area contributed by atoms with E-state index in [0.717, 1.165) is 6.54 Å². The molecule has 4 rings (SSSR count). The van der Waals surface area contributed by atoms with Gasteiger partial charge >= 0.3 is 0 Å². The molecule has 506 valence electrons. The quantitative estimate of drug-likeness (QED) is 0.0259. The summed E-state index contributed by atoms with van der Waals surface area (Å²) in [6.07, 6.45) is -27.4. The van der Waals surface area contributed by atoms with Crippen LogP contribution in [0.2, 0.25) is 0 Å². The standard InChI is InChI=1S/C50H89N5O26.C4H9NO/c1-3-51-30(58)13-6-4-5-7-16-33(61)55-26(12-10-11-17-52-31(59)14-8-9-15-32(60)53-18-20-74-47-41(69)38(66)34(62)25(2)77-47)46(73)54-19-21-75-49-44(72)45(81-50-43(71)40(68)36(64)28(23-57)79-50)37(65)29(80-49)24-76-48-42(70)39(67)35(63)27(22-56)78-48;1-3-5-4(2)6/h25-29,34-45,47-50,56-57,62-72H,3-24H2,1-2H3,(H,51,58)(H,52,59)(H,53,60)(H,54,73)(H,55,61);3H2,1-2H3,(H,5,6)/t25-,26-,27+,28+,29+,34+,35+,36+,37+,38+,39-,40-,41-,42-,43-,44-,45-,47+,48-,49-,50+;/m0./s1. The Morgan fingerprint density at radius 3 is 1.41 bits per heavy atom. The van der Waals surface area contributed by atoms with E-state index in [-0.39, 0.29) is 82.2 Å². The number of ether oxygens (including phenoxy) is 8. The first-order valence-electron chi connectivity index (χ1n) is 29.8. The Balaban J connectivity index is 0.00000313. The molecule has 4 aliphatic heterocycles. The van der Waals surface area contributed by atoms with Crippen LogP contribution in [0.3, 0.4) is 0 Å². The summed E-state index contributed by atoms with van der Waals surface area (Å²) in [4.78, 5) is 73.4. The molecule has 0 radical (unpaired) electrons. The predicted octanol–water partition coefficient (Wildman–Crippen LogP) is -7.52. The molecular formula is C54H98N6O27. The van der Waals surface area contributed by atoms with Gasteiger partial charge in [-0.3, -0.25) is 28.8 Å². The largest absolute Gasteiger partial charge is 0.394 e. The molecule has 0 aromatic carbocycles. The lowest BCUT2D eigenvalue weighted by Gasteiger charge is -2.46. The van der Waals surface area contributed by atoms with Crippen LogP contribution in [0.25, 0.3) is 0 Å². The Morgan fingerprint density at radius 2 is 0.885 bits per heavy atom. The summed E-state index contributed by atoms with van der Waals surface area (Å²) in [7, 11) is 0. The second-order valence-corrected chi connectivity index (χ2v) is 21.5. The normalized spacial score (nSPS) is 32.8. The summed E-state index contributed by atoms with van der Waals surface area (Å²) < 4.78 is 44.4. The lowest BCUT2D eigenvalue weighted by atomic mass is 9.96. The van der Waals surface area contributed by atoms with Crippen molar-refractivity contribution in [1.29, 1.82) is 0 Å². The topological polar surface area (TPSA) is 511 Å². The van der Waals surface area contributed by atoms with Gasteiger partial charge < -0.3 is 136 Å². The molecular weight excluding hydrogens is 1160 g/mol. The zero-order chi connectivity index (χ0) is 64.8. The first kappa shape index (κ1) is 77.2. The highest BCUT2D eigenvalue weighted by Crippen LogP contribution is 2.31. The third kappa shape index (κ3) is 26.4. The lowest BCUT2D eigenvalue weighted by Crippen LogP contribution is -2.65. The van der Waals surface area contributed by atoms with Crippen molar-refractivity contribution in [3.63, 3.8) is 0 Å². The van der Waals surface area contributed by atoms with Crippen molar-refractivity contribution in [2.45, 2.75) is 240 Å². The number of carbonyl (C=O) groups is 6. The average molecular weight is 1260 g/mol. The Labute approximate surface area is 505 Å². The van der Waals surface area contributed by atoms with Gasteiger partial charge in [0.2, 0.25) is 35.4 Å². The highest BCUT2D eigenvalue weighted by atomic mass is 16.8. The molecule has 4 saturated heterocycles. The van der Waals surface area contributed by atoms with E-state index in [1.165, 1.54) is 13.8 Å². The maximum absolute atomic E-state index is 13.6. The van der Waals surface area contributed by atoms with Gasteiger partial charge in [-0.05, 0) is 65.7 Å². The fourth-order valence-electron chi connectivity index (χ4n) is 9.50. The van der Waals surface area contributed by atoms with Crippen molar-refractivity contribution < 1.29 is 133 Å². The van der Waals surface area contributed by atoms with Gasteiger partial charge in [0.05, 0.1) is 39.1 Å². The molecule has 0 spiro atoms. The molecule has 0 saturated carbocycles. The Kier molecular flexibility index (Phi) is 36.7. The Morgan fingerprint density at radius 1 is 0.437 bits per heavy atom. The number of carbonyl (C=O) groups excluding carboxylic acids is 6. The zero-order valence-electron chi connectivity index (χ0n) is 49.9. The first-order chi connectivity index (χ1) is 41.4. The molecule has 33 nitrogen and oxygen atoms in total. The van der Waals surface area contributed by atoms with E-state index in [0.29, 0.717) is 64.3 Å². The van der Waals surface area contributed by atoms with E-state index in [4.69, 9.17) is 37.9 Å². The van der Waals surface area contributed by atoms with Gasteiger partial charge in [0.1, 0.15) is 97.6 Å². The van der Waals surface area contributed by atoms with E-state index in [2.05, 4.69) is 31.9 Å². The SMILES string of the molecule is CCNC(=O)CCCCCCC(=O)N[C@@H](CCCCNC(=O)CCCCC(=O)NCCO[C@@H]1O[C@@H](C)[C@@H](O)[C@@H](O)[C@@H]1O)C(=O)NCCO[C@H]1O[C@H](CO[C@H]2O[C@H](CO)[C@@H](O)[C@H](O)[C@@H]2O)[C@@H](O)[C@H](O[C@H]2O[C@H](CO)[C@@H](O)[C@H](O)[C@@H]2O)[C@@H]1O.CCNC(C)=O. The lowest BCUT2D eigenvalue weighted by molar-refractivity contribution is -0.366. The van der Waals surface area contributed by atoms with Crippen molar-refractivity contribution in [3.8, 4) is 0 Å². The summed E-state index contributed by atoms with van der Waals surface area (Å²) in [6, 6.07) is -1.05. The van der Waals surface area contributed by atoms with Gasteiger partial charge in [0.15, 0.2) is 25.2 Å². The van der Waals surface area contributed by atoms with Gasteiger partial charge in [0.25, 0.3) is 0 Å². The van der Waals surface area contributed by atoms with Crippen molar-refractivity contribution in [2.75, 3.05) is 65.8 Å². The number of hydrogen-bond acceptors (Lipinski definition) is 27. The van der Waals surface area contributed by atoms with Crippen LogP contribution in [-0.2, 0) is 66.7 Å². The third-order valence-electron chi connectivity index (χ3n) is 14.6. The van der Waals surface area contributed by atoms with Crippen LogP contribution >= 0.6 is 0 Å². The van der Waals surface area contributed by atoms with Gasteiger partial charge in [-0.15, -0.1) is 0 Å². The first-order valence-corrected chi connectivity index (χ1v) is 29.8. The highest BCUT2D eigenvalue weighted by Gasteiger charge is 2.52. The highest BCUT2D eigenvalue weighted by molar-refractivity contribution is 5.87. The number of nitrogens with one attached hydrogen (secondary N) is 6. The molecule has 0 unspecified atom stereocenters. The minimum Gasteiger partial charge on any atom is -0.394 e. The Bertz CT molecular complexity index is 2010. The van der Waals surface area contributed by atoms with E-state index in [1.54, 1.807) is 0 Å². The number of amides is 6. The number of hydrogen-bond donors (Lipinski definition) is 19. The molecule has 21 atom stereocenters. The summed E-state index contributed by atoms with van der Waals surface area (Å²) in [5, 5.41) is 150. The average Bonchev–Trinajstić information content (AvgIpc) is 1.48. The van der Waals surface area contributed by atoms with E-state index >= 15 is 0 Å². The fraction of sp³-hybridized carbons (Fsp3) is 0.889. The van der Waals surface area contributed by atoms with Crippen LogP contribution in [0.1, 0.15) is 111 Å². The minimum absolute atomic E-state index is 0.0296. The van der Waals surface area contributed by atoms with Crippen molar-refractivity contribution in [2.24, 2.45) is 0 Å². The van der Waals surface area contributed by atoms with E-state index in [9.17, 15) is 95.2 Å². The fourth-order valence-corrected chi connectivity index (χ4v) is 9.50. The van der Waals surface area contributed by atoms with Crippen LogP contribution in [-0.4, -0.2) is 296 Å². The summed E-state index contributed by atoms with van der Waals surface area (Å²) >= 11 is 0. The zero-order valence-corrected chi connectivity index (χ0v) is 49.9. The molecule has 0 aromatic rings. The molecule has 6 amide bonds. The van der Waals surface area contributed by atoms with Crippen molar-refractivity contribution in [3.05, 3.63) is 0 Å². The second kappa shape index (κ2) is 41.4. The van der Waals surface area contributed by atoms with Gasteiger partial charge in [-0.2, -0.15) is 0 Å². The second-order valence-electron chi connectivity index (χ2n) is 21.5. The monoisotopic (exact) mass is 1260 g/mol. The summed E-state index contributed by atoms with van der Waals surface area (Å²) in [5.41, 5.74) is 0. The van der Waals surface area contributed by atoms with Crippen molar-refractivity contribution in [1.82, 2.24) is 31.9 Å². The molecule has 4 aliphatic rings. The molecule has 0 aliphatic carbocycles. The van der Waals surface area contributed by atoms with Crippen LogP contribution in [0, 0.1) is 0 Å². The van der Waals surface area contributed by atoms with Crippen LogP contribution in [0.5, 0.6) is 0 Å². The smallest absolute Gasteiger partial charge is 0.242 e. The number of rotatable bonds is 36. The molecule has 0 bridgehead atoms. The number of unbranched alkanes of at least 4 members (excludes halogenated alkanes) is 5. The number of aliphatic hydroxyl groups is 13. The maximum atomic E-state index is 13.6. The third-order valence-corrected chi connectivity index (χ3v) is 14.6. The van der Waals surface area contributed by atoms with Crippen LogP contribution in [0.15, 0.2) is 0 Å². The molecule has 4 heterocycles. The van der Waals surface area contributed by atoms with Crippen molar-refractivity contribution >= 4 is 35.4 Å². The minimum atomic E-state index is -1.97. The predicted molar refractivity (Wildman–Crippen MR) is 297 cm³/mol. The number of aliphatic hydroxyl groups excluding tert-OH is 13. The molecule has 87 heavy (non-hydrogen) atoms. The molecule has 33 heteroatoms. The van der Waals surface area contributed by atoms with Gasteiger partial charge in [-0.1, -0.05) is 12.8 Å². The molecule has 4 fully saturated rings. The van der Waals surface area contributed by atoms with Crippen LogP contribution < -0.4 is 31.9 Å². The molecule has 19 N–H and O–H groups in total. The van der Waals surface area contributed by atoms with Crippen LogP contribution in [0.4, 0.5) is 0 Å². The van der Waals surface area contributed by atoms with E-state index < -0.39 is 161 Å². The van der Waals surface area contributed by atoms with E-state index in [1.807, 2.05) is 13.8 Å².